The fourth-order valence-electron chi connectivity index (χ4n) is 2.08. The van der Waals surface area contributed by atoms with Crippen LogP contribution in [0.15, 0.2) is 33.9 Å². The first-order valence-corrected chi connectivity index (χ1v) is 7.15. The molecule has 6 heteroatoms. The van der Waals surface area contributed by atoms with E-state index in [0.717, 1.165) is 10.4 Å². The third-order valence-corrected chi connectivity index (χ3v) is 4.53. The summed E-state index contributed by atoms with van der Waals surface area (Å²) >= 11 is 1.45. The molecule has 0 fully saturated rings. The predicted octanol–water partition coefficient (Wildman–Crippen LogP) is 2.13. The number of H-pyrrole nitrogens is 2. The number of thiophene rings is 1. The summed E-state index contributed by atoms with van der Waals surface area (Å²) in [6.07, 6.45) is 0. The highest BCUT2D eigenvalue weighted by molar-refractivity contribution is 7.14. The summed E-state index contributed by atoms with van der Waals surface area (Å²) in [6.45, 7) is 3.94. The Bertz CT molecular complexity index is 959. The van der Waals surface area contributed by atoms with Crippen molar-refractivity contribution in [2.75, 3.05) is 0 Å². The molecule has 0 saturated carbocycles. The maximum atomic E-state index is 12.5. The van der Waals surface area contributed by atoms with E-state index in [1.54, 1.807) is 18.2 Å². The third-order valence-electron chi connectivity index (χ3n) is 3.37. The first-order chi connectivity index (χ1) is 9.95. The van der Waals surface area contributed by atoms with Crippen molar-refractivity contribution in [2.24, 2.45) is 0 Å². The van der Waals surface area contributed by atoms with Gasteiger partial charge in [0.15, 0.2) is 0 Å². The van der Waals surface area contributed by atoms with Crippen LogP contribution >= 0.6 is 11.3 Å². The number of carbonyl (C=O) groups is 1. The molecule has 0 atom stereocenters. The highest BCUT2D eigenvalue weighted by Crippen LogP contribution is 2.24. The number of fused-ring (bicyclic) bond motifs is 1. The van der Waals surface area contributed by atoms with Gasteiger partial charge in [-0.3, -0.25) is 14.4 Å². The van der Waals surface area contributed by atoms with Gasteiger partial charge in [0.2, 0.25) is 5.78 Å². The van der Waals surface area contributed by atoms with Crippen LogP contribution in [0.5, 0.6) is 0 Å². The van der Waals surface area contributed by atoms with Crippen molar-refractivity contribution in [3.8, 4) is 0 Å². The van der Waals surface area contributed by atoms with E-state index in [0.29, 0.717) is 21.5 Å². The Kier molecular flexibility index (Phi) is 3.10. The van der Waals surface area contributed by atoms with Crippen LogP contribution in [0, 0.1) is 13.8 Å². The molecule has 0 aliphatic heterocycles. The Morgan fingerprint density at radius 1 is 1.00 bits per heavy atom. The average molecular weight is 300 g/mol. The van der Waals surface area contributed by atoms with Gasteiger partial charge in [0.05, 0.1) is 15.9 Å². The predicted molar refractivity (Wildman–Crippen MR) is 82.4 cm³/mol. The molecule has 2 N–H and O–H groups in total. The van der Waals surface area contributed by atoms with Gasteiger partial charge >= 0.3 is 11.1 Å². The highest BCUT2D eigenvalue weighted by Gasteiger charge is 2.14. The average Bonchev–Trinajstić information content (AvgIpc) is 2.79. The number of hydrogen-bond donors (Lipinski definition) is 2. The molecule has 21 heavy (non-hydrogen) atoms. The van der Waals surface area contributed by atoms with Gasteiger partial charge < -0.3 is 9.97 Å². The van der Waals surface area contributed by atoms with Crippen LogP contribution in [0.2, 0.25) is 0 Å². The Labute approximate surface area is 123 Å². The van der Waals surface area contributed by atoms with Gasteiger partial charge in [-0.1, -0.05) is 0 Å². The number of aromatic amines is 2. The van der Waals surface area contributed by atoms with Gasteiger partial charge in [-0.05, 0) is 43.7 Å². The zero-order chi connectivity index (χ0) is 15.1. The lowest BCUT2D eigenvalue weighted by molar-refractivity contribution is 0.104. The number of carbonyl (C=O) groups excluding carboxylic acids is 1. The second-order valence-electron chi connectivity index (χ2n) is 4.85. The first kappa shape index (κ1) is 13.5. The Hall–Kier alpha value is -2.47. The zero-order valence-electron chi connectivity index (χ0n) is 11.4. The van der Waals surface area contributed by atoms with Crippen LogP contribution in [0.1, 0.15) is 25.7 Å². The summed E-state index contributed by atoms with van der Waals surface area (Å²) in [7, 11) is 0. The lowest BCUT2D eigenvalue weighted by Crippen LogP contribution is -2.28. The van der Waals surface area contributed by atoms with E-state index < -0.39 is 11.1 Å². The zero-order valence-corrected chi connectivity index (χ0v) is 12.3. The standard InChI is InChI=1S/C15H12N2O3S/c1-7-5-12(21-8(7)2)13(18)9-3-4-10-11(6-9)17-15(20)14(19)16-10/h3-6H,1-2H3,(H,16,19)(H,17,20). The van der Waals surface area contributed by atoms with Crippen molar-refractivity contribution in [3.05, 3.63) is 65.9 Å². The number of hydrogen-bond acceptors (Lipinski definition) is 4. The van der Waals surface area contributed by atoms with E-state index in [9.17, 15) is 14.4 Å². The molecule has 5 nitrogen and oxygen atoms in total. The number of nitrogens with one attached hydrogen (secondary N) is 2. The molecule has 0 unspecified atom stereocenters. The maximum absolute atomic E-state index is 12.5. The second kappa shape index (κ2) is 4.82. The van der Waals surface area contributed by atoms with E-state index in [2.05, 4.69) is 9.97 Å². The van der Waals surface area contributed by atoms with Gasteiger partial charge in [-0.25, -0.2) is 0 Å². The van der Waals surface area contributed by atoms with E-state index in [1.165, 1.54) is 11.3 Å². The normalized spacial score (nSPS) is 11.0. The van der Waals surface area contributed by atoms with Gasteiger partial charge in [-0.2, -0.15) is 0 Å². The van der Waals surface area contributed by atoms with Crippen molar-refractivity contribution in [1.29, 1.82) is 0 Å². The van der Waals surface area contributed by atoms with Crippen LogP contribution in [-0.4, -0.2) is 15.8 Å². The fourth-order valence-corrected chi connectivity index (χ4v) is 3.08. The number of aromatic nitrogens is 2. The summed E-state index contributed by atoms with van der Waals surface area (Å²) in [5.74, 6) is -0.0925. The maximum Gasteiger partial charge on any atom is 0.314 e. The van der Waals surface area contributed by atoms with Gasteiger partial charge in [0.25, 0.3) is 0 Å². The Balaban J connectivity index is 2.12. The molecule has 106 valence electrons. The lowest BCUT2D eigenvalue weighted by Gasteiger charge is -2.01. The van der Waals surface area contributed by atoms with Crippen molar-refractivity contribution in [3.63, 3.8) is 0 Å². The molecule has 0 bridgehead atoms. The van der Waals surface area contributed by atoms with Gasteiger partial charge in [-0.15, -0.1) is 11.3 Å². The lowest BCUT2D eigenvalue weighted by atomic mass is 10.1. The summed E-state index contributed by atoms with van der Waals surface area (Å²) in [6, 6.07) is 6.71. The molecule has 1 aromatic carbocycles. The molecule has 0 radical (unpaired) electrons. The molecule has 3 aromatic rings. The summed E-state index contributed by atoms with van der Waals surface area (Å²) in [5, 5.41) is 0. The van der Waals surface area contributed by atoms with Crippen LogP contribution < -0.4 is 11.1 Å². The van der Waals surface area contributed by atoms with Crippen LogP contribution in [0.3, 0.4) is 0 Å². The molecule has 3 rings (SSSR count). The van der Waals surface area contributed by atoms with Gasteiger partial charge in [0, 0.05) is 10.4 Å². The molecule has 2 heterocycles. The molecule has 2 aromatic heterocycles. The molecule has 0 spiro atoms. The smallest absolute Gasteiger partial charge is 0.314 e. The van der Waals surface area contributed by atoms with Crippen molar-refractivity contribution < 1.29 is 4.79 Å². The molecule has 0 aliphatic carbocycles. The molecule has 0 aliphatic rings. The van der Waals surface area contributed by atoms with Crippen LogP contribution in [0.4, 0.5) is 0 Å². The third kappa shape index (κ3) is 2.34. The Morgan fingerprint density at radius 2 is 1.67 bits per heavy atom. The van der Waals surface area contributed by atoms with Crippen molar-refractivity contribution in [2.45, 2.75) is 13.8 Å². The van der Waals surface area contributed by atoms with Crippen molar-refractivity contribution >= 4 is 28.2 Å². The SMILES string of the molecule is Cc1cc(C(=O)c2ccc3[nH]c(=O)c(=O)[nH]c3c2)sc1C. The van der Waals surface area contributed by atoms with Crippen molar-refractivity contribution in [1.82, 2.24) is 9.97 Å². The number of rotatable bonds is 2. The van der Waals surface area contributed by atoms with E-state index in [4.69, 9.17) is 0 Å². The molecular formula is C15H12N2O3S. The van der Waals surface area contributed by atoms with Gasteiger partial charge in [0.1, 0.15) is 0 Å². The highest BCUT2D eigenvalue weighted by atomic mass is 32.1. The second-order valence-corrected chi connectivity index (χ2v) is 6.10. The summed E-state index contributed by atoms with van der Waals surface area (Å²) in [5.41, 5.74) is 1.07. The fraction of sp³-hybridized carbons (Fsp3) is 0.133. The quantitative estimate of drug-likeness (QED) is 0.562. The topological polar surface area (TPSA) is 82.8 Å². The minimum absolute atomic E-state index is 0.0925. The number of ketones is 1. The molecular weight excluding hydrogens is 288 g/mol. The Morgan fingerprint density at radius 3 is 2.29 bits per heavy atom. The molecule has 0 amide bonds. The number of benzene rings is 1. The van der Waals surface area contributed by atoms with Crippen LogP contribution in [0.25, 0.3) is 11.0 Å². The largest absolute Gasteiger partial charge is 0.316 e. The van der Waals surface area contributed by atoms with E-state index in [-0.39, 0.29) is 5.78 Å². The van der Waals surface area contributed by atoms with E-state index in [1.807, 2.05) is 19.9 Å². The summed E-state index contributed by atoms with van der Waals surface area (Å²) in [4.78, 5) is 41.8. The van der Waals surface area contributed by atoms with E-state index >= 15 is 0 Å². The molecule has 0 saturated heterocycles. The van der Waals surface area contributed by atoms with Crippen LogP contribution in [-0.2, 0) is 0 Å². The first-order valence-electron chi connectivity index (χ1n) is 6.34. The monoisotopic (exact) mass is 300 g/mol. The minimum Gasteiger partial charge on any atom is -0.316 e. The summed E-state index contributed by atoms with van der Waals surface area (Å²) < 4.78 is 0. The minimum atomic E-state index is -0.727. The number of aryl methyl sites for hydroxylation is 2.